The minimum absolute atomic E-state index is 0.560. The van der Waals surface area contributed by atoms with Crippen molar-refractivity contribution in [1.29, 1.82) is 0 Å². The molecule has 1 aliphatic heterocycles. The number of hydrogen-bond acceptors (Lipinski definition) is 5. The summed E-state index contributed by atoms with van der Waals surface area (Å²) in [5.74, 6) is 2.92. The molecule has 0 atom stereocenters. The lowest BCUT2D eigenvalue weighted by Gasteiger charge is -2.32. The van der Waals surface area contributed by atoms with Crippen LogP contribution in [0.5, 0.6) is 5.75 Å². The summed E-state index contributed by atoms with van der Waals surface area (Å²) < 4.78 is 5.19. The van der Waals surface area contributed by atoms with Gasteiger partial charge >= 0.3 is 0 Å². The second kappa shape index (κ2) is 7.38. The Morgan fingerprint density at radius 3 is 2.74 bits per heavy atom. The summed E-state index contributed by atoms with van der Waals surface area (Å²) in [4.78, 5) is 0. The number of aromatic amines is 1. The van der Waals surface area contributed by atoms with Gasteiger partial charge in [-0.3, -0.25) is 5.10 Å². The predicted octanol–water partition coefficient (Wildman–Crippen LogP) is 2.43. The van der Waals surface area contributed by atoms with Crippen LogP contribution in [-0.2, 0) is 6.54 Å². The molecule has 124 valence electrons. The molecule has 23 heavy (non-hydrogen) atoms. The van der Waals surface area contributed by atoms with Crippen molar-refractivity contribution in [2.24, 2.45) is 0 Å². The SMILES string of the molecule is COc1ccc(-c2[nH]ncc2CNCC2(O)CCSCC2)cc1. The van der Waals surface area contributed by atoms with E-state index in [0.717, 1.165) is 46.9 Å². The van der Waals surface area contributed by atoms with Crippen molar-refractivity contribution in [3.8, 4) is 17.0 Å². The van der Waals surface area contributed by atoms with Crippen molar-refractivity contribution in [2.75, 3.05) is 25.2 Å². The number of benzene rings is 1. The van der Waals surface area contributed by atoms with Gasteiger partial charge in [0.05, 0.1) is 24.6 Å². The molecule has 0 spiro atoms. The molecule has 0 saturated carbocycles. The number of rotatable bonds is 6. The van der Waals surface area contributed by atoms with Crippen LogP contribution in [0.4, 0.5) is 0 Å². The summed E-state index contributed by atoms with van der Waals surface area (Å²) in [6.45, 7) is 1.31. The Kier molecular flexibility index (Phi) is 5.25. The number of nitrogens with one attached hydrogen (secondary N) is 2. The molecular formula is C17H23N3O2S. The fraction of sp³-hybridized carbons (Fsp3) is 0.471. The van der Waals surface area contributed by atoms with Crippen molar-refractivity contribution >= 4 is 11.8 Å². The minimum atomic E-state index is -0.560. The lowest BCUT2D eigenvalue weighted by atomic mass is 9.97. The smallest absolute Gasteiger partial charge is 0.118 e. The van der Waals surface area contributed by atoms with Crippen molar-refractivity contribution in [2.45, 2.75) is 25.0 Å². The van der Waals surface area contributed by atoms with Crippen molar-refractivity contribution in [3.63, 3.8) is 0 Å². The predicted molar refractivity (Wildman–Crippen MR) is 93.8 cm³/mol. The Bertz CT molecular complexity index is 621. The van der Waals surface area contributed by atoms with Gasteiger partial charge in [-0.05, 0) is 48.6 Å². The van der Waals surface area contributed by atoms with E-state index in [1.807, 2.05) is 42.2 Å². The number of H-pyrrole nitrogens is 1. The van der Waals surface area contributed by atoms with Crippen LogP contribution in [0.2, 0.25) is 0 Å². The number of thioether (sulfide) groups is 1. The largest absolute Gasteiger partial charge is 0.497 e. The van der Waals surface area contributed by atoms with Crippen LogP contribution in [0.1, 0.15) is 18.4 Å². The zero-order valence-corrected chi connectivity index (χ0v) is 14.2. The van der Waals surface area contributed by atoms with Gasteiger partial charge in [0.2, 0.25) is 0 Å². The van der Waals surface area contributed by atoms with E-state index in [1.54, 1.807) is 7.11 Å². The van der Waals surface area contributed by atoms with E-state index in [4.69, 9.17) is 4.74 Å². The van der Waals surface area contributed by atoms with Crippen LogP contribution in [0.25, 0.3) is 11.3 Å². The molecular weight excluding hydrogens is 310 g/mol. The van der Waals surface area contributed by atoms with Crippen LogP contribution >= 0.6 is 11.8 Å². The Labute approximate surface area is 140 Å². The van der Waals surface area contributed by atoms with Crippen LogP contribution in [0.3, 0.4) is 0 Å². The highest BCUT2D eigenvalue weighted by atomic mass is 32.2. The van der Waals surface area contributed by atoms with Crippen LogP contribution in [0.15, 0.2) is 30.5 Å². The number of ether oxygens (including phenoxy) is 1. The van der Waals surface area contributed by atoms with Gasteiger partial charge in [0.1, 0.15) is 5.75 Å². The Balaban J connectivity index is 1.61. The van der Waals surface area contributed by atoms with Gasteiger partial charge in [0.15, 0.2) is 0 Å². The molecule has 0 unspecified atom stereocenters. The molecule has 0 bridgehead atoms. The van der Waals surface area contributed by atoms with Gasteiger partial charge in [-0.15, -0.1) is 0 Å². The van der Waals surface area contributed by atoms with E-state index in [0.29, 0.717) is 13.1 Å². The Morgan fingerprint density at radius 1 is 1.30 bits per heavy atom. The fourth-order valence-corrected chi connectivity index (χ4v) is 4.06. The third-order valence-corrected chi connectivity index (χ3v) is 5.28. The lowest BCUT2D eigenvalue weighted by Crippen LogP contribution is -2.43. The summed E-state index contributed by atoms with van der Waals surface area (Å²) in [7, 11) is 1.66. The number of aromatic nitrogens is 2. The maximum absolute atomic E-state index is 10.5. The molecule has 0 amide bonds. The average molecular weight is 333 g/mol. The van der Waals surface area contributed by atoms with E-state index in [-0.39, 0.29) is 0 Å². The zero-order valence-electron chi connectivity index (χ0n) is 13.3. The van der Waals surface area contributed by atoms with Crippen LogP contribution in [-0.4, -0.2) is 46.1 Å². The molecule has 1 aromatic heterocycles. The van der Waals surface area contributed by atoms with Gasteiger partial charge in [-0.1, -0.05) is 0 Å². The maximum atomic E-state index is 10.5. The van der Waals surface area contributed by atoms with Gasteiger partial charge in [-0.2, -0.15) is 16.9 Å². The molecule has 3 rings (SSSR count). The Morgan fingerprint density at radius 2 is 2.04 bits per heavy atom. The lowest BCUT2D eigenvalue weighted by molar-refractivity contribution is 0.0320. The standard InChI is InChI=1S/C17H23N3O2S/c1-22-15-4-2-13(3-5-15)16-14(11-19-20-16)10-18-12-17(21)6-8-23-9-7-17/h2-5,11,18,21H,6-10,12H2,1H3,(H,19,20). The highest BCUT2D eigenvalue weighted by Gasteiger charge is 2.28. The Hall–Kier alpha value is -1.50. The summed E-state index contributed by atoms with van der Waals surface area (Å²) in [5.41, 5.74) is 2.62. The highest BCUT2D eigenvalue weighted by Crippen LogP contribution is 2.27. The van der Waals surface area contributed by atoms with E-state index < -0.39 is 5.60 Å². The average Bonchev–Trinajstić information content (AvgIpc) is 3.04. The monoisotopic (exact) mass is 333 g/mol. The first-order valence-corrected chi connectivity index (χ1v) is 9.03. The number of hydrogen-bond donors (Lipinski definition) is 3. The molecule has 6 heteroatoms. The van der Waals surface area contributed by atoms with Gasteiger partial charge in [0.25, 0.3) is 0 Å². The molecule has 5 nitrogen and oxygen atoms in total. The zero-order chi connectivity index (χ0) is 16.1. The minimum Gasteiger partial charge on any atom is -0.497 e. The molecule has 1 fully saturated rings. The number of methoxy groups -OCH3 is 1. The van der Waals surface area contributed by atoms with E-state index >= 15 is 0 Å². The quantitative estimate of drug-likeness (QED) is 0.757. The van der Waals surface area contributed by atoms with E-state index in [1.165, 1.54) is 0 Å². The topological polar surface area (TPSA) is 70.2 Å². The van der Waals surface area contributed by atoms with Gasteiger partial charge in [0, 0.05) is 24.2 Å². The first-order valence-electron chi connectivity index (χ1n) is 7.88. The van der Waals surface area contributed by atoms with Crippen molar-refractivity contribution < 1.29 is 9.84 Å². The molecule has 2 aromatic rings. The highest BCUT2D eigenvalue weighted by molar-refractivity contribution is 7.99. The summed E-state index contributed by atoms with van der Waals surface area (Å²) in [6, 6.07) is 7.91. The summed E-state index contributed by atoms with van der Waals surface area (Å²) >= 11 is 1.92. The van der Waals surface area contributed by atoms with Crippen LogP contribution < -0.4 is 10.1 Å². The summed E-state index contributed by atoms with van der Waals surface area (Å²) in [6.07, 6.45) is 3.57. The molecule has 1 saturated heterocycles. The van der Waals surface area contributed by atoms with E-state index in [9.17, 15) is 5.11 Å². The third kappa shape index (κ3) is 4.07. The molecule has 0 aliphatic carbocycles. The maximum Gasteiger partial charge on any atom is 0.118 e. The molecule has 0 radical (unpaired) electrons. The molecule has 1 aromatic carbocycles. The first-order chi connectivity index (χ1) is 11.2. The molecule has 3 N–H and O–H groups in total. The normalized spacial score (nSPS) is 17.1. The third-order valence-electron chi connectivity index (χ3n) is 4.29. The fourth-order valence-electron chi connectivity index (χ4n) is 2.81. The van der Waals surface area contributed by atoms with Crippen molar-refractivity contribution in [3.05, 3.63) is 36.0 Å². The summed E-state index contributed by atoms with van der Waals surface area (Å²) in [5, 5.41) is 21.1. The van der Waals surface area contributed by atoms with Gasteiger partial charge in [-0.25, -0.2) is 0 Å². The number of nitrogens with zero attached hydrogens (tertiary/aromatic N) is 1. The van der Waals surface area contributed by atoms with Crippen LogP contribution in [0, 0.1) is 0 Å². The molecule has 2 heterocycles. The molecule has 1 aliphatic rings. The number of aliphatic hydroxyl groups is 1. The first kappa shape index (κ1) is 16.4. The van der Waals surface area contributed by atoms with Gasteiger partial charge < -0.3 is 15.2 Å². The second-order valence-electron chi connectivity index (χ2n) is 5.94. The van der Waals surface area contributed by atoms with E-state index in [2.05, 4.69) is 15.5 Å². The second-order valence-corrected chi connectivity index (χ2v) is 7.16. The van der Waals surface area contributed by atoms with Crippen molar-refractivity contribution in [1.82, 2.24) is 15.5 Å².